The summed E-state index contributed by atoms with van der Waals surface area (Å²) < 4.78 is 0. The number of nitrogens with zero attached hydrogens (tertiary/aromatic N) is 3. The Kier molecular flexibility index (Phi) is 2.91. The van der Waals surface area contributed by atoms with E-state index < -0.39 is 0 Å². The minimum absolute atomic E-state index is 0.770. The topological polar surface area (TPSA) is 50.7 Å². The second-order valence-electron chi connectivity index (χ2n) is 4.25. The summed E-state index contributed by atoms with van der Waals surface area (Å²) in [5.41, 5.74) is 4.55. The fourth-order valence-corrected chi connectivity index (χ4v) is 3.12. The molecule has 4 nitrogen and oxygen atoms in total. The molecule has 0 amide bonds. The molecule has 0 bridgehead atoms. The molecule has 1 aliphatic rings. The van der Waals surface area contributed by atoms with Gasteiger partial charge in [0.05, 0.1) is 5.69 Å². The molecule has 18 heavy (non-hydrogen) atoms. The molecule has 92 valence electrons. The third kappa shape index (κ3) is 1.84. The third-order valence-corrected chi connectivity index (χ3v) is 4.07. The first-order chi connectivity index (χ1) is 8.79. The van der Waals surface area contributed by atoms with Gasteiger partial charge in [0.1, 0.15) is 5.82 Å². The van der Waals surface area contributed by atoms with Crippen molar-refractivity contribution in [1.82, 2.24) is 15.0 Å². The van der Waals surface area contributed by atoms with E-state index in [2.05, 4.69) is 27.2 Å². The van der Waals surface area contributed by atoms with Crippen molar-refractivity contribution < 1.29 is 0 Å². The number of fused-ring (bicyclic) bond motifs is 1. The van der Waals surface area contributed by atoms with E-state index in [1.807, 2.05) is 31.1 Å². The Morgan fingerprint density at radius 1 is 1.28 bits per heavy atom. The van der Waals surface area contributed by atoms with Crippen LogP contribution in [0.3, 0.4) is 0 Å². The van der Waals surface area contributed by atoms with Crippen molar-refractivity contribution in [3.63, 3.8) is 0 Å². The molecule has 0 unspecified atom stereocenters. The van der Waals surface area contributed by atoms with Crippen molar-refractivity contribution in [2.45, 2.75) is 18.4 Å². The monoisotopic (exact) mass is 258 g/mol. The molecule has 2 aromatic heterocycles. The molecule has 2 aromatic rings. The van der Waals surface area contributed by atoms with Gasteiger partial charge >= 0.3 is 0 Å². The fraction of sp³-hybridized carbons (Fsp3) is 0.308. The minimum atomic E-state index is 0.770. The molecule has 0 saturated carbocycles. The summed E-state index contributed by atoms with van der Waals surface area (Å²) in [4.78, 5) is 13.5. The van der Waals surface area contributed by atoms with Gasteiger partial charge in [-0.25, -0.2) is 9.97 Å². The fourth-order valence-electron chi connectivity index (χ4n) is 2.08. The van der Waals surface area contributed by atoms with Crippen LogP contribution in [0.15, 0.2) is 18.5 Å². The molecule has 0 aromatic carbocycles. The summed E-state index contributed by atoms with van der Waals surface area (Å²) in [7, 11) is 1.91. The van der Waals surface area contributed by atoms with Gasteiger partial charge in [-0.3, -0.25) is 4.98 Å². The summed E-state index contributed by atoms with van der Waals surface area (Å²) in [6.07, 6.45) is 3.62. The highest BCUT2D eigenvalue weighted by Gasteiger charge is 2.20. The first-order valence-corrected chi connectivity index (χ1v) is 7.01. The average molecular weight is 258 g/mol. The maximum absolute atomic E-state index is 4.68. The van der Waals surface area contributed by atoms with E-state index in [-0.39, 0.29) is 0 Å². The van der Waals surface area contributed by atoms with Crippen LogP contribution in [-0.2, 0) is 11.5 Å². The summed E-state index contributed by atoms with van der Waals surface area (Å²) in [5, 5.41) is 3.17. The Labute approximate surface area is 110 Å². The summed E-state index contributed by atoms with van der Waals surface area (Å²) in [6, 6.07) is 1.99. The molecule has 5 heteroatoms. The van der Waals surface area contributed by atoms with Crippen molar-refractivity contribution in [2.75, 3.05) is 12.4 Å². The van der Waals surface area contributed by atoms with Gasteiger partial charge in [0, 0.05) is 42.1 Å². The van der Waals surface area contributed by atoms with Crippen LogP contribution in [0.2, 0.25) is 0 Å². The molecule has 3 rings (SSSR count). The maximum Gasteiger partial charge on any atom is 0.163 e. The summed E-state index contributed by atoms with van der Waals surface area (Å²) in [5.74, 6) is 3.69. The number of aromatic nitrogens is 3. The number of hydrogen-bond acceptors (Lipinski definition) is 5. The second kappa shape index (κ2) is 4.57. The zero-order valence-corrected chi connectivity index (χ0v) is 11.2. The average Bonchev–Trinajstić information content (AvgIpc) is 2.86. The minimum Gasteiger partial charge on any atom is -0.373 e. The Morgan fingerprint density at radius 2 is 2.17 bits per heavy atom. The van der Waals surface area contributed by atoms with Gasteiger partial charge in [-0.15, -0.1) is 0 Å². The van der Waals surface area contributed by atoms with Gasteiger partial charge in [-0.1, -0.05) is 0 Å². The lowest BCUT2D eigenvalue weighted by molar-refractivity contribution is 1.06. The van der Waals surface area contributed by atoms with Crippen molar-refractivity contribution in [3.05, 3.63) is 35.3 Å². The number of hydrogen-bond donors (Lipinski definition) is 1. The molecular formula is C13H14N4S. The van der Waals surface area contributed by atoms with Crippen LogP contribution in [0, 0.1) is 6.92 Å². The van der Waals surface area contributed by atoms with E-state index in [4.69, 9.17) is 0 Å². The van der Waals surface area contributed by atoms with Crippen LogP contribution in [0.5, 0.6) is 0 Å². The Hall–Kier alpha value is -1.62. The molecule has 3 heterocycles. The predicted molar refractivity (Wildman–Crippen MR) is 74.5 cm³/mol. The number of thioether (sulfide) groups is 1. The highest BCUT2D eigenvalue weighted by atomic mass is 32.2. The molecule has 0 spiro atoms. The largest absolute Gasteiger partial charge is 0.373 e. The van der Waals surface area contributed by atoms with Gasteiger partial charge < -0.3 is 5.32 Å². The highest BCUT2D eigenvalue weighted by Crippen LogP contribution is 2.34. The second-order valence-corrected chi connectivity index (χ2v) is 5.24. The van der Waals surface area contributed by atoms with E-state index in [1.165, 1.54) is 5.56 Å². The lowest BCUT2D eigenvalue weighted by Crippen LogP contribution is -2.04. The van der Waals surface area contributed by atoms with Crippen LogP contribution >= 0.6 is 11.8 Å². The number of aryl methyl sites for hydroxylation is 1. The van der Waals surface area contributed by atoms with E-state index in [0.29, 0.717) is 0 Å². The molecule has 1 N–H and O–H groups in total. The first-order valence-electron chi connectivity index (χ1n) is 5.86. The van der Waals surface area contributed by atoms with E-state index >= 15 is 0 Å². The Bertz CT molecular complexity index is 598. The molecule has 0 aliphatic carbocycles. The van der Waals surface area contributed by atoms with Crippen LogP contribution in [0.25, 0.3) is 11.4 Å². The number of nitrogens with one attached hydrogen (secondary N) is 1. The van der Waals surface area contributed by atoms with Crippen LogP contribution in [0.1, 0.15) is 16.8 Å². The molecule has 0 saturated heterocycles. The van der Waals surface area contributed by atoms with E-state index in [9.17, 15) is 0 Å². The zero-order chi connectivity index (χ0) is 12.5. The number of anilines is 1. The SMILES string of the molecule is CNc1nc(-c2cnccc2C)nc2c1CSC2. The molecule has 1 aliphatic heterocycles. The number of rotatable bonds is 2. The summed E-state index contributed by atoms with van der Waals surface area (Å²) in [6.45, 7) is 2.06. The first kappa shape index (κ1) is 11.5. The van der Waals surface area contributed by atoms with Crippen molar-refractivity contribution in [3.8, 4) is 11.4 Å². The molecule has 0 atom stereocenters. The van der Waals surface area contributed by atoms with Crippen molar-refractivity contribution in [2.24, 2.45) is 0 Å². The zero-order valence-electron chi connectivity index (χ0n) is 10.4. The number of pyridine rings is 1. The van der Waals surface area contributed by atoms with Gasteiger partial charge in [0.2, 0.25) is 0 Å². The van der Waals surface area contributed by atoms with Gasteiger partial charge in [0.15, 0.2) is 5.82 Å². The quantitative estimate of drug-likeness (QED) is 0.897. The van der Waals surface area contributed by atoms with Gasteiger partial charge in [-0.2, -0.15) is 11.8 Å². The summed E-state index contributed by atoms with van der Waals surface area (Å²) >= 11 is 1.88. The maximum atomic E-state index is 4.68. The van der Waals surface area contributed by atoms with Crippen LogP contribution in [0.4, 0.5) is 5.82 Å². The smallest absolute Gasteiger partial charge is 0.163 e. The van der Waals surface area contributed by atoms with E-state index in [0.717, 1.165) is 40.0 Å². The normalized spacial score (nSPS) is 13.4. The lowest BCUT2D eigenvalue weighted by atomic mass is 10.1. The van der Waals surface area contributed by atoms with Crippen LogP contribution < -0.4 is 5.32 Å². The third-order valence-electron chi connectivity index (χ3n) is 3.09. The Balaban J connectivity index is 2.17. The van der Waals surface area contributed by atoms with E-state index in [1.54, 1.807) is 6.20 Å². The van der Waals surface area contributed by atoms with Crippen molar-refractivity contribution in [1.29, 1.82) is 0 Å². The molecular weight excluding hydrogens is 244 g/mol. The van der Waals surface area contributed by atoms with Gasteiger partial charge in [-0.05, 0) is 18.6 Å². The Morgan fingerprint density at radius 3 is 2.94 bits per heavy atom. The van der Waals surface area contributed by atoms with Crippen molar-refractivity contribution >= 4 is 17.6 Å². The lowest BCUT2D eigenvalue weighted by Gasteiger charge is -2.10. The standard InChI is InChI=1S/C13H14N4S/c1-8-3-4-15-5-9(8)13-16-11-7-18-6-10(11)12(14-2)17-13/h3-5H,6-7H2,1-2H3,(H,14,16,17). The molecule has 0 radical (unpaired) electrons. The predicted octanol–water partition coefficient (Wildman–Crippen LogP) is 2.64. The molecule has 0 fully saturated rings. The highest BCUT2D eigenvalue weighted by molar-refractivity contribution is 7.98. The van der Waals surface area contributed by atoms with Gasteiger partial charge in [0.25, 0.3) is 0 Å². The van der Waals surface area contributed by atoms with Crippen LogP contribution in [-0.4, -0.2) is 22.0 Å².